The molecular formula is C14H21N3O. The quantitative estimate of drug-likeness (QED) is 0.365. The van der Waals surface area contributed by atoms with Crippen molar-refractivity contribution in [3.63, 3.8) is 0 Å². The van der Waals surface area contributed by atoms with Crippen LogP contribution >= 0.6 is 0 Å². The van der Waals surface area contributed by atoms with Crippen molar-refractivity contribution in [2.75, 3.05) is 11.4 Å². The summed E-state index contributed by atoms with van der Waals surface area (Å²) >= 11 is 0. The molecule has 0 saturated carbocycles. The van der Waals surface area contributed by atoms with E-state index in [0.717, 1.165) is 23.4 Å². The highest BCUT2D eigenvalue weighted by Crippen LogP contribution is 2.31. The molecule has 3 N–H and O–H groups in total. The lowest BCUT2D eigenvalue weighted by Gasteiger charge is -2.26. The van der Waals surface area contributed by atoms with Crippen LogP contribution in [0.1, 0.15) is 31.4 Å². The van der Waals surface area contributed by atoms with Crippen molar-refractivity contribution in [2.24, 2.45) is 16.8 Å². The van der Waals surface area contributed by atoms with Crippen molar-refractivity contribution in [1.82, 2.24) is 0 Å². The van der Waals surface area contributed by atoms with Crippen LogP contribution in [-0.4, -0.2) is 23.6 Å². The molecule has 0 spiro atoms. The average Bonchev–Trinajstić information content (AvgIpc) is 2.67. The van der Waals surface area contributed by atoms with Crippen molar-refractivity contribution in [3.8, 4) is 0 Å². The Hall–Kier alpha value is -1.71. The number of hydrogen-bond donors (Lipinski definition) is 2. The van der Waals surface area contributed by atoms with Gasteiger partial charge in [-0.3, -0.25) is 0 Å². The first-order valence-electron chi connectivity index (χ1n) is 6.38. The number of nitrogens with zero attached hydrogens (tertiary/aromatic N) is 2. The number of hydrogen-bond acceptors (Lipinski definition) is 3. The zero-order valence-corrected chi connectivity index (χ0v) is 11.2. The van der Waals surface area contributed by atoms with E-state index in [0.29, 0.717) is 12.0 Å². The predicted molar refractivity (Wildman–Crippen MR) is 74.3 cm³/mol. The molecule has 2 unspecified atom stereocenters. The van der Waals surface area contributed by atoms with Gasteiger partial charge in [-0.1, -0.05) is 23.7 Å². The molecule has 0 aliphatic carbocycles. The molecule has 0 amide bonds. The summed E-state index contributed by atoms with van der Waals surface area (Å²) in [6.45, 7) is 7.51. The van der Waals surface area contributed by atoms with Crippen LogP contribution in [0.2, 0.25) is 0 Å². The predicted octanol–water partition coefficient (Wildman–Crippen LogP) is 2.32. The maximum atomic E-state index is 8.91. The molecule has 2 rings (SSSR count). The van der Waals surface area contributed by atoms with Crippen molar-refractivity contribution in [1.29, 1.82) is 0 Å². The summed E-state index contributed by atoms with van der Waals surface area (Å²) in [5, 5.41) is 12.1. The first kappa shape index (κ1) is 12.7. The highest BCUT2D eigenvalue weighted by Gasteiger charge is 2.28. The fraction of sp³-hybridized carbons (Fsp3) is 0.500. The summed E-state index contributed by atoms with van der Waals surface area (Å²) in [5.74, 6) is 0.863. The van der Waals surface area contributed by atoms with E-state index in [2.05, 4.69) is 36.0 Å². The molecular weight excluding hydrogens is 226 g/mol. The number of aryl methyl sites for hydroxylation is 1. The standard InChI is InChI=1S/C14H21N3O/c1-9-4-5-13(12(7-9)14(15)16-18)17-8-10(2)6-11(17)3/h4-5,7,10-11,18H,6,8H2,1-3H3,(H2,15,16). The second-order valence-electron chi connectivity index (χ2n) is 5.35. The minimum atomic E-state index is 0.181. The van der Waals surface area contributed by atoms with E-state index in [1.807, 2.05) is 13.0 Å². The lowest BCUT2D eigenvalue weighted by atomic mass is 10.1. The highest BCUT2D eigenvalue weighted by molar-refractivity contribution is 6.02. The molecule has 1 fully saturated rings. The van der Waals surface area contributed by atoms with Crippen molar-refractivity contribution >= 4 is 11.5 Å². The molecule has 4 heteroatoms. The van der Waals surface area contributed by atoms with Crippen LogP contribution in [0, 0.1) is 12.8 Å². The van der Waals surface area contributed by atoms with Crippen LogP contribution in [0.3, 0.4) is 0 Å². The Morgan fingerprint density at radius 3 is 2.72 bits per heavy atom. The fourth-order valence-electron chi connectivity index (χ4n) is 2.79. The van der Waals surface area contributed by atoms with Crippen molar-refractivity contribution in [2.45, 2.75) is 33.2 Å². The second kappa shape index (κ2) is 4.88. The van der Waals surface area contributed by atoms with Crippen LogP contribution in [0.4, 0.5) is 5.69 Å². The normalized spacial score (nSPS) is 24.6. The highest BCUT2D eigenvalue weighted by atomic mass is 16.4. The Kier molecular flexibility index (Phi) is 3.45. The number of oxime groups is 1. The molecule has 1 aromatic carbocycles. The first-order valence-corrected chi connectivity index (χ1v) is 6.38. The van der Waals surface area contributed by atoms with Crippen LogP contribution in [0.15, 0.2) is 23.4 Å². The molecule has 2 atom stereocenters. The third-order valence-electron chi connectivity index (χ3n) is 3.63. The second-order valence-corrected chi connectivity index (χ2v) is 5.35. The molecule has 1 aliphatic rings. The Balaban J connectivity index is 2.44. The minimum Gasteiger partial charge on any atom is -0.409 e. The van der Waals surface area contributed by atoms with Crippen LogP contribution < -0.4 is 10.6 Å². The van der Waals surface area contributed by atoms with Gasteiger partial charge in [0, 0.05) is 23.8 Å². The summed E-state index contributed by atoms with van der Waals surface area (Å²) in [7, 11) is 0. The maximum Gasteiger partial charge on any atom is 0.172 e. The van der Waals surface area contributed by atoms with Crippen LogP contribution in [0.5, 0.6) is 0 Å². The van der Waals surface area contributed by atoms with Crippen molar-refractivity contribution in [3.05, 3.63) is 29.3 Å². The van der Waals surface area contributed by atoms with Gasteiger partial charge in [-0.2, -0.15) is 0 Å². The SMILES string of the molecule is Cc1ccc(N2CC(C)CC2C)c(/C(N)=N/O)c1. The summed E-state index contributed by atoms with van der Waals surface area (Å²) in [6, 6.07) is 6.60. The summed E-state index contributed by atoms with van der Waals surface area (Å²) in [4.78, 5) is 2.34. The smallest absolute Gasteiger partial charge is 0.172 e. The maximum absolute atomic E-state index is 8.91. The van der Waals surface area contributed by atoms with Crippen LogP contribution in [0.25, 0.3) is 0 Å². The zero-order valence-electron chi connectivity index (χ0n) is 11.2. The third-order valence-corrected chi connectivity index (χ3v) is 3.63. The number of amidine groups is 1. The van der Waals surface area contributed by atoms with Gasteiger partial charge in [-0.25, -0.2) is 0 Å². The number of benzene rings is 1. The van der Waals surface area contributed by atoms with Gasteiger partial charge in [-0.15, -0.1) is 0 Å². The van der Waals surface area contributed by atoms with E-state index in [9.17, 15) is 0 Å². The first-order chi connectivity index (χ1) is 8.52. The fourth-order valence-corrected chi connectivity index (χ4v) is 2.79. The van der Waals surface area contributed by atoms with Crippen LogP contribution in [-0.2, 0) is 0 Å². The monoisotopic (exact) mass is 247 g/mol. The lowest BCUT2D eigenvalue weighted by molar-refractivity contribution is 0.318. The van der Waals surface area contributed by atoms with E-state index in [4.69, 9.17) is 10.9 Å². The average molecular weight is 247 g/mol. The van der Waals surface area contributed by atoms with Gasteiger partial charge < -0.3 is 15.8 Å². The Bertz CT molecular complexity index is 470. The molecule has 18 heavy (non-hydrogen) atoms. The summed E-state index contributed by atoms with van der Waals surface area (Å²) in [5.41, 5.74) is 8.78. The van der Waals surface area contributed by atoms with Gasteiger partial charge in [-0.05, 0) is 38.3 Å². The van der Waals surface area contributed by atoms with E-state index in [1.165, 1.54) is 6.42 Å². The molecule has 0 aromatic heterocycles. The Morgan fingerprint density at radius 2 is 2.17 bits per heavy atom. The number of nitrogens with two attached hydrogens (primary N) is 1. The van der Waals surface area contributed by atoms with Gasteiger partial charge in [0.2, 0.25) is 0 Å². The van der Waals surface area contributed by atoms with E-state index in [-0.39, 0.29) is 5.84 Å². The minimum absolute atomic E-state index is 0.181. The molecule has 1 heterocycles. The molecule has 98 valence electrons. The Labute approximate surface area is 108 Å². The molecule has 0 radical (unpaired) electrons. The number of anilines is 1. The van der Waals surface area contributed by atoms with E-state index in [1.54, 1.807) is 0 Å². The molecule has 4 nitrogen and oxygen atoms in total. The molecule has 1 saturated heterocycles. The molecule has 0 bridgehead atoms. The van der Waals surface area contributed by atoms with E-state index < -0.39 is 0 Å². The summed E-state index contributed by atoms with van der Waals surface area (Å²) < 4.78 is 0. The molecule has 1 aliphatic heterocycles. The summed E-state index contributed by atoms with van der Waals surface area (Å²) in [6.07, 6.45) is 1.18. The lowest BCUT2D eigenvalue weighted by Crippen LogP contribution is -2.29. The third kappa shape index (κ3) is 2.28. The largest absolute Gasteiger partial charge is 0.409 e. The van der Waals surface area contributed by atoms with Gasteiger partial charge in [0.05, 0.1) is 0 Å². The van der Waals surface area contributed by atoms with E-state index >= 15 is 0 Å². The van der Waals surface area contributed by atoms with Gasteiger partial charge in [0.15, 0.2) is 5.84 Å². The number of rotatable bonds is 2. The topological polar surface area (TPSA) is 61.8 Å². The Morgan fingerprint density at radius 1 is 1.44 bits per heavy atom. The molecule has 1 aromatic rings. The van der Waals surface area contributed by atoms with Crippen molar-refractivity contribution < 1.29 is 5.21 Å². The van der Waals surface area contributed by atoms with Gasteiger partial charge in [0.1, 0.15) is 0 Å². The zero-order chi connectivity index (χ0) is 13.3. The van der Waals surface area contributed by atoms with Gasteiger partial charge in [0.25, 0.3) is 0 Å². The van der Waals surface area contributed by atoms with Gasteiger partial charge >= 0.3 is 0 Å².